The molecule has 0 aliphatic carbocycles. The fraction of sp³-hybridized carbons (Fsp3) is 0.278. The third-order valence-electron chi connectivity index (χ3n) is 4.05. The molecule has 2 aromatic rings. The molecule has 3 rings (SSSR count). The minimum atomic E-state index is -0.414. The summed E-state index contributed by atoms with van der Waals surface area (Å²) < 4.78 is 18.7. The molecule has 1 unspecified atom stereocenters. The normalized spacial score (nSPS) is 14.5. The van der Waals surface area contributed by atoms with Crippen LogP contribution in [0.25, 0.3) is 0 Å². The van der Waals surface area contributed by atoms with Gasteiger partial charge in [0.1, 0.15) is 18.2 Å². The highest BCUT2D eigenvalue weighted by Gasteiger charge is 2.27. The summed E-state index contributed by atoms with van der Waals surface area (Å²) in [4.78, 5) is 18.2. The van der Waals surface area contributed by atoms with Crippen LogP contribution in [0, 0.1) is 11.2 Å². The summed E-state index contributed by atoms with van der Waals surface area (Å²) in [6.45, 7) is 2.59. The van der Waals surface area contributed by atoms with E-state index in [0.29, 0.717) is 24.4 Å². The largest absolute Gasteiger partial charge is 0.489 e. The topological polar surface area (TPSA) is 66.3 Å². The molecule has 124 valence electrons. The second-order valence-electron chi connectivity index (χ2n) is 5.79. The van der Waals surface area contributed by atoms with E-state index in [0.717, 1.165) is 5.56 Å². The first-order chi connectivity index (χ1) is 11.6. The summed E-state index contributed by atoms with van der Waals surface area (Å²) in [5.41, 5.74) is 1.51. The lowest BCUT2D eigenvalue weighted by Gasteiger charge is -2.30. The van der Waals surface area contributed by atoms with Crippen molar-refractivity contribution in [2.75, 3.05) is 18.1 Å². The van der Waals surface area contributed by atoms with Gasteiger partial charge in [0, 0.05) is 24.9 Å². The summed E-state index contributed by atoms with van der Waals surface area (Å²) in [7, 11) is 0. The number of pyridine rings is 1. The zero-order chi connectivity index (χ0) is 17.1. The number of hydrogen-bond acceptors (Lipinski definition) is 4. The van der Waals surface area contributed by atoms with Gasteiger partial charge in [0.15, 0.2) is 0 Å². The maximum atomic E-state index is 13.3. The number of hydrogen-bond donors (Lipinski definition) is 1. The highest BCUT2D eigenvalue weighted by Crippen LogP contribution is 2.32. The summed E-state index contributed by atoms with van der Waals surface area (Å²) in [5, 5.41) is 8.17. The van der Waals surface area contributed by atoms with E-state index in [2.05, 4.69) is 4.98 Å². The van der Waals surface area contributed by atoms with Crippen molar-refractivity contribution >= 4 is 17.3 Å². The average molecular weight is 327 g/mol. The Morgan fingerprint density at radius 2 is 2.29 bits per heavy atom. The molecule has 1 amide bonds. The van der Waals surface area contributed by atoms with Gasteiger partial charge in [-0.1, -0.05) is 13.0 Å². The predicted octanol–water partition coefficient (Wildman–Crippen LogP) is 3.16. The minimum absolute atomic E-state index is 0.0172. The van der Waals surface area contributed by atoms with Crippen LogP contribution in [0.5, 0.6) is 5.75 Å². The molecular formula is C18H18FN3O2. The first kappa shape index (κ1) is 16.1. The molecule has 0 fully saturated rings. The lowest BCUT2D eigenvalue weighted by atomic mass is 9.96. The van der Waals surface area contributed by atoms with Crippen molar-refractivity contribution in [3.8, 4) is 5.75 Å². The van der Waals surface area contributed by atoms with Gasteiger partial charge < -0.3 is 9.64 Å². The van der Waals surface area contributed by atoms with E-state index in [1.165, 1.54) is 23.1 Å². The molecule has 1 aromatic heterocycles. The van der Waals surface area contributed by atoms with E-state index in [1.807, 2.05) is 19.1 Å². The van der Waals surface area contributed by atoms with E-state index in [4.69, 9.17) is 10.1 Å². The Hall–Kier alpha value is -2.76. The van der Waals surface area contributed by atoms with Gasteiger partial charge in [-0.3, -0.25) is 15.2 Å². The molecule has 24 heavy (non-hydrogen) atoms. The van der Waals surface area contributed by atoms with Crippen LogP contribution in [-0.4, -0.2) is 29.8 Å². The highest BCUT2D eigenvalue weighted by molar-refractivity contribution is 6.42. The molecule has 1 atom stereocenters. The molecule has 0 radical (unpaired) electrons. The van der Waals surface area contributed by atoms with E-state index in [1.54, 1.807) is 12.4 Å². The summed E-state index contributed by atoms with van der Waals surface area (Å²) >= 11 is 0. The molecule has 5 nitrogen and oxygen atoms in total. The molecule has 1 aromatic carbocycles. The Morgan fingerprint density at radius 3 is 3.04 bits per heavy atom. The molecular weight excluding hydrogens is 309 g/mol. The van der Waals surface area contributed by atoms with E-state index < -0.39 is 5.82 Å². The second-order valence-corrected chi connectivity index (χ2v) is 5.79. The second kappa shape index (κ2) is 6.78. The number of carbonyl (C=O) groups is 1. The number of benzene rings is 1. The number of anilines is 1. The Morgan fingerprint density at radius 1 is 1.46 bits per heavy atom. The van der Waals surface area contributed by atoms with E-state index >= 15 is 0 Å². The van der Waals surface area contributed by atoms with Crippen molar-refractivity contribution in [1.29, 1.82) is 5.41 Å². The smallest absolute Gasteiger partial charge is 0.272 e. The molecule has 6 heteroatoms. The van der Waals surface area contributed by atoms with Gasteiger partial charge in [0.05, 0.1) is 17.9 Å². The molecule has 0 saturated carbocycles. The van der Waals surface area contributed by atoms with Crippen molar-refractivity contribution < 1.29 is 13.9 Å². The average Bonchev–Trinajstić information content (AvgIpc) is 2.61. The summed E-state index contributed by atoms with van der Waals surface area (Å²) in [6, 6.07) is 7.83. The first-order valence-corrected chi connectivity index (χ1v) is 7.78. The highest BCUT2D eigenvalue weighted by atomic mass is 19.1. The number of nitrogens with zero attached hydrogens (tertiary/aromatic N) is 2. The van der Waals surface area contributed by atoms with Gasteiger partial charge >= 0.3 is 0 Å². The third kappa shape index (κ3) is 3.27. The number of ether oxygens (including phenoxy) is 1. The van der Waals surface area contributed by atoms with Crippen molar-refractivity contribution in [3.05, 3.63) is 54.1 Å². The number of amides is 1. The number of aromatic nitrogens is 1. The van der Waals surface area contributed by atoms with Gasteiger partial charge in [0.2, 0.25) is 0 Å². The quantitative estimate of drug-likeness (QED) is 0.877. The molecule has 2 heterocycles. The molecule has 0 bridgehead atoms. The van der Waals surface area contributed by atoms with Gasteiger partial charge in [-0.25, -0.2) is 4.39 Å². The Labute approximate surface area is 139 Å². The molecule has 0 saturated heterocycles. The minimum Gasteiger partial charge on any atom is -0.489 e. The van der Waals surface area contributed by atoms with Crippen LogP contribution in [0.1, 0.15) is 24.8 Å². The fourth-order valence-electron chi connectivity index (χ4n) is 2.75. The Kier molecular flexibility index (Phi) is 4.55. The number of rotatable bonds is 4. The van der Waals surface area contributed by atoms with Crippen LogP contribution >= 0.6 is 0 Å². The first-order valence-electron chi connectivity index (χ1n) is 7.78. The fourth-order valence-corrected chi connectivity index (χ4v) is 2.75. The third-order valence-corrected chi connectivity index (χ3v) is 4.05. The van der Waals surface area contributed by atoms with Crippen LogP contribution in [0.4, 0.5) is 10.1 Å². The maximum Gasteiger partial charge on any atom is 0.272 e. The van der Waals surface area contributed by atoms with Crippen LogP contribution in [0.3, 0.4) is 0 Å². The standard InChI is InChI=1S/C18H18FN3O2/c1-12(13-3-2-6-21-11-13)9-15(20)18(23)22-7-8-24-17-10-14(19)4-5-16(17)22/h2-6,10-12,20H,7-9H2,1H3. The van der Waals surface area contributed by atoms with Crippen molar-refractivity contribution in [2.24, 2.45) is 0 Å². The molecule has 0 spiro atoms. The zero-order valence-electron chi connectivity index (χ0n) is 13.3. The number of nitrogens with one attached hydrogen (secondary N) is 1. The van der Waals surface area contributed by atoms with Gasteiger partial charge in [-0.2, -0.15) is 0 Å². The van der Waals surface area contributed by atoms with Gasteiger partial charge in [-0.05, 0) is 29.7 Å². The Bertz CT molecular complexity index is 764. The van der Waals surface area contributed by atoms with E-state index in [-0.39, 0.29) is 24.1 Å². The summed E-state index contributed by atoms with van der Waals surface area (Å²) in [5.74, 6) is -0.434. The van der Waals surface area contributed by atoms with Gasteiger partial charge in [-0.15, -0.1) is 0 Å². The lowest BCUT2D eigenvalue weighted by Crippen LogP contribution is -2.42. The summed E-state index contributed by atoms with van der Waals surface area (Å²) in [6.07, 6.45) is 3.75. The van der Waals surface area contributed by atoms with Crippen molar-refractivity contribution in [3.63, 3.8) is 0 Å². The van der Waals surface area contributed by atoms with Crippen molar-refractivity contribution in [2.45, 2.75) is 19.3 Å². The number of halogens is 1. The van der Waals surface area contributed by atoms with Crippen LogP contribution in [-0.2, 0) is 4.79 Å². The molecule has 1 N–H and O–H groups in total. The number of fused-ring (bicyclic) bond motifs is 1. The van der Waals surface area contributed by atoms with Crippen LogP contribution in [0.15, 0.2) is 42.7 Å². The van der Waals surface area contributed by atoms with Crippen LogP contribution < -0.4 is 9.64 Å². The molecule has 1 aliphatic heterocycles. The monoisotopic (exact) mass is 327 g/mol. The van der Waals surface area contributed by atoms with Crippen LogP contribution in [0.2, 0.25) is 0 Å². The Balaban J connectivity index is 1.74. The molecule has 1 aliphatic rings. The van der Waals surface area contributed by atoms with E-state index in [9.17, 15) is 9.18 Å². The maximum absolute atomic E-state index is 13.3. The predicted molar refractivity (Wildman–Crippen MR) is 89.2 cm³/mol. The SMILES string of the molecule is CC(CC(=N)C(=O)N1CCOc2cc(F)ccc21)c1cccnc1. The van der Waals surface area contributed by atoms with Crippen molar-refractivity contribution in [1.82, 2.24) is 4.98 Å². The lowest BCUT2D eigenvalue weighted by molar-refractivity contribution is -0.113. The van der Waals surface area contributed by atoms with Gasteiger partial charge in [0.25, 0.3) is 5.91 Å². The zero-order valence-corrected chi connectivity index (χ0v) is 13.3. The number of carbonyl (C=O) groups excluding carboxylic acids is 1.